The minimum atomic E-state index is -3.11. The molecule has 0 amide bonds. The lowest BCUT2D eigenvalue weighted by Crippen LogP contribution is -2.09. The van der Waals surface area contributed by atoms with Crippen LogP contribution in [0.1, 0.15) is 15.9 Å². The van der Waals surface area contributed by atoms with Crippen molar-refractivity contribution in [2.24, 2.45) is 0 Å². The molecule has 0 N–H and O–H groups in total. The summed E-state index contributed by atoms with van der Waals surface area (Å²) in [6, 6.07) is 21.6. The highest BCUT2D eigenvalue weighted by Crippen LogP contribution is 2.24. The molecular formula is C21H17BrO4S. The predicted octanol–water partition coefficient (Wildman–Crippen LogP) is 4.88. The number of hydrogen-bond acceptors (Lipinski definition) is 4. The Balaban J connectivity index is 1.68. The molecule has 0 aliphatic rings. The smallest absolute Gasteiger partial charge is 0.343 e. The molecular weight excluding hydrogens is 428 g/mol. The fourth-order valence-electron chi connectivity index (χ4n) is 2.56. The van der Waals surface area contributed by atoms with Gasteiger partial charge in [-0.25, -0.2) is 13.2 Å². The van der Waals surface area contributed by atoms with Gasteiger partial charge < -0.3 is 4.74 Å². The number of sulfone groups is 1. The Bertz CT molecular complexity index is 1040. The van der Waals surface area contributed by atoms with Crippen molar-refractivity contribution in [3.8, 4) is 16.9 Å². The summed E-state index contributed by atoms with van der Waals surface area (Å²) < 4.78 is 29.0. The van der Waals surface area contributed by atoms with E-state index in [1.54, 1.807) is 36.4 Å². The summed E-state index contributed by atoms with van der Waals surface area (Å²) in [5.74, 6) is -0.0989. The van der Waals surface area contributed by atoms with Crippen LogP contribution in [0.5, 0.6) is 5.75 Å². The molecule has 0 unspecified atom stereocenters. The number of esters is 1. The van der Waals surface area contributed by atoms with Crippen LogP contribution in [0.4, 0.5) is 0 Å². The van der Waals surface area contributed by atoms with Crippen molar-refractivity contribution in [3.63, 3.8) is 0 Å². The average Bonchev–Trinajstić information content (AvgIpc) is 2.62. The van der Waals surface area contributed by atoms with Gasteiger partial charge in [-0.1, -0.05) is 52.3 Å². The lowest BCUT2D eigenvalue weighted by Gasteiger charge is -2.07. The highest BCUT2D eigenvalue weighted by Gasteiger charge is 2.10. The summed E-state index contributed by atoms with van der Waals surface area (Å²) in [6.07, 6.45) is 1.17. The number of benzene rings is 3. The molecule has 0 atom stereocenters. The first kappa shape index (κ1) is 19.3. The Kier molecular flexibility index (Phi) is 5.77. The summed E-state index contributed by atoms with van der Waals surface area (Å²) in [4.78, 5) is 12.3. The van der Waals surface area contributed by atoms with Gasteiger partial charge in [0.05, 0.1) is 11.3 Å². The molecule has 0 radical (unpaired) electrons. The van der Waals surface area contributed by atoms with Crippen LogP contribution in [0.3, 0.4) is 0 Å². The molecule has 0 spiro atoms. The molecule has 0 saturated carbocycles. The number of halogens is 1. The first-order valence-electron chi connectivity index (χ1n) is 8.15. The molecule has 0 aliphatic heterocycles. The molecule has 3 aromatic carbocycles. The second kappa shape index (κ2) is 8.06. The summed E-state index contributed by atoms with van der Waals surface area (Å²) >= 11 is 3.41. The Morgan fingerprint density at radius 2 is 1.37 bits per heavy atom. The summed E-state index contributed by atoms with van der Waals surface area (Å²) in [5, 5.41) is 0. The van der Waals surface area contributed by atoms with Crippen molar-refractivity contribution in [1.29, 1.82) is 0 Å². The van der Waals surface area contributed by atoms with Crippen molar-refractivity contribution < 1.29 is 17.9 Å². The van der Waals surface area contributed by atoms with E-state index >= 15 is 0 Å². The number of carbonyl (C=O) groups excluding carboxylic acids is 1. The molecule has 0 bridgehead atoms. The molecule has 3 rings (SSSR count). The van der Waals surface area contributed by atoms with Gasteiger partial charge in [-0.2, -0.15) is 0 Å². The minimum Gasteiger partial charge on any atom is -0.423 e. The van der Waals surface area contributed by atoms with E-state index in [4.69, 9.17) is 4.74 Å². The standard InChI is InChI=1S/C21H17BrO4S/c1-27(24,25)14-15-2-4-18(5-3-15)21(23)26-20-12-8-17(9-13-20)16-6-10-19(22)11-7-16/h2-13H,14H2,1H3. The van der Waals surface area contributed by atoms with Crippen molar-refractivity contribution in [1.82, 2.24) is 0 Å². The largest absolute Gasteiger partial charge is 0.423 e. The highest BCUT2D eigenvalue weighted by molar-refractivity contribution is 9.10. The zero-order valence-electron chi connectivity index (χ0n) is 14.6. The zero-order valence-corrected chi connectivity index (χ0v) is 17.0. The first-order chi connectivity index (χ1) is 12.8. The van der Waals surface area contributed by atoms with Gasteiger partial charge in [0.25, 0.3) is 0 Å². The minimum absolute atomic E-state index is 0.0557. The van der Waals surface area contributed by atoms with E-state index in [0.29, 0.717) is 16.9 Å². The van der Waals surface area contributed by atoms with Crippen molar-refractivity contribution in [2.75, 3.05) is 6.26 Å². The molecule has 4 nitrogen and oxygen atoms in total. The molecule has 0 aromatic heterocycles. The van der Waals surface area contributed by atoms with Gasteiger partial charge in [-0.3, -0.25) is 0 Å². The predicted molar refractivity (Wildman–Crippen MR) is 110 cm³/mol. The van der Waals surface area contributed by atoms with Crippen LogP contribution in [0.2, 0.25) is 0 Å². The first-order valence-corrected chi connectivity index (χ1v) is 11.0. The maximum atomic E-state index is 12.3. The molecule has 3 aromatic rings. The van der Waals surface area contributed by atoms with E-state index < -0.39 is 15.8 Å². The highest BCUT2D eigenvalue weighted by atomic mass is 79.9. The maximum absolute atomic E-state index is 12.3. The van der Waals surface area contributed by atoms with E-state index in [1.807, 2.05) is 36.4 Å². The molecule has 6 heteroatoms. The molecule has 0 fully saturated rings. The van der Waals surface area contributed by atoms with Crippen LogP contribution < -0.4 is 4.74 Å². The quantitative estimate of drug-likeness (QED) is 0.415. The molecule has 27 heavy (non-hydrogen) atoms. The van der Waals surface area contributed by atoms with E-state index in [0.717, 1.165) is 15.6 Å². The van der Waals surface area contributed by atoms with Gasteiger partial charge >= 0.3 is 5.97 Å². The number of carbonyl (C=O) groups is 1. The fourth-order valence-corrected chi connectivity index (χ4v) is 3.63. The van der Waals surface area contributed by atoms with E-state index in [9.17, 15) is 13.2 Å². The third kappa shape index (κ3) is 5.52. The second-order valence-electron chi connectivity index (χ2n) is 6.19. The van der Waals surface area contributed by atoms with Crippen LogP contribution in [0.25, 0.3) is 11.1 Å². The molecule has 0 saturated heterocycles. The van der Waals surface area contributed by atoms with Crippen molar-refractivity contribution >= 4 is 31.7 Å². The third-order valence-electron chi connectivity index (χ3n) is 3.86. The molecule has 138 valence electrons. The van der Waals surface area contributed by atoms with Crippen molar-refractivity contribution in [3.05, 3.63) is 88.4 Å². The van der Waals surface area contributed by atoms with E-state index in [1.165, 1.54) is 6.26 Å². The van der Waals surface area contributed by atoms with E-state index in [-0.39, 0.29) is 5.75 Å². The normalized spacial score (nSPS) is 11.2. The van der Waals surface area contributed by atoms with Crippen LogP contribution in [0.15, 0.2) is 77.3 Å². The van der Waals surface area contributed by atoms with Gasteiger partial charge in [0, 0.05) is 10.7 Å². The average molecular weight is 445 g/mol. The Hall–Kier alpha value is -2.44. The number of hydrogen-bond donors (Lipinski definition) is 0. The van der Waals surface area contributed by atoms with Gasteiger partial charge in [-0.15, -0.1) is 0 Å². The number of rotatable bonds is 5. The zero-order chi connectivity index (χ0) is 19.4. The van der Waals surface area contributed by atoms with Gasteiger partial charge in [-0.05, 0) is 53.1 Å². The lowest BCUT2D eigenvalue weighted by molar-refractivity contribution is 0.0735. The van der Waals surface area contributed by atoms with Crippen LogP contribution in [-0.4, -0.2) is 20.6 Å². The SMILES string of the molecule is CS(=O)(=O)Cc1ccc(C(=O)Oc2ccc(-c3ccc(Br)cc3)cc2)cc1. The van der Waals surface area contributed by atoms with Crippen LogP contribution in [-0.2, 0) is 15.6 Å². The summed E-state index contributed by atoms with van der Waals surface area (Å²) in [7, 11) is -3.11. The Morgan fingerprint density at radius 1 is 0.852 bits per heavy atom. The Morgan fingerprint density at radius 3 is 1.89 bits per heavy atom. The Labute approximate surface area is 166 Å². The fraction of sp³-hybridized carbons (Fsp3) is 0.0952. The molecule has 0 aliphatic carbocycles. The molecule has 0 heterocycles. The van der Waals surface area contributed by atoms with Crippen molar-refractivity contribution in [2.45, 2.75) is 5.75 Å². The summed E-state index contributed by atoms with van der Waals surface area (Å²) in [5.41, 5.74) is 3.09. The maximum Gasteiger partial charge on any atom is 0.343 e. The van der Waals surface area contributed by atoms with Crippen LogP contribution in [0, 0.1) is 0 Å². The van der Waals surface area contributed by atoms with Gasteiger partial charge in [0.1, 0.15) is 5.75 Å². The summed E-state index contributed by atoms with van der Waals surface area (Å²) in [6.45, 7) is 0. The van der Waals surface area contributed by atoms with Gasteiger partial charge in [0.2, 0.25) is 0 Å². The topological polar surface area (TPSA) is 60.4 Å². The van der Waals surface area contributed by atoms with E-state index in [2.05, 4.69) is 15.9 Å². The lowest BCUT2D eigenvalue weighted by atomic mass is 10.1. The second-order valence-corrected chi connectivity index (χ2v) is 9.24. The van der Waals surface area contributed by atoms with Crippen LogP contribution >= 0.6 is 15.9 Å². The van der Waals surface area contributed by atoms with Gasteiger partial charge in [0.15, 0.2) is 9.84 Å². The third-order valence-corrected chi connectivity index (χ3v) is 5.25. The monoisotopic (exact) mass is 444 g/mol. The number of ether oxygens (including phenoxy) is 1.